The van der Waals surface area contributed by atoms with E-state index in [0.29, 0.717) is 12.0 Å². The molecule has 0 heterocycles. The Bertz CT molecular complexity index is 401. The van der Waals surface area contributed by atoms with Gasteiger partial charge >= 0.3 is 6.16 Å². The summed E-state index contributed by atoms with van der Waals surface area (Å²) in [7, 11) is 2.88. The van der Waals surface area contributed by atoms with Gasteiger partial charge in [-0.3, -0.25) is 4.79 Å². The summed E-state index contributed by atoms with van der Waals surface area (Å²) < 4.78 is 19.4. The number of carbonyl (C=O) groups excluding carboxylic acids is 2. The fraction of sp³-hybridized carbons (Fsp3) is 0.273. The molecule has 0 fully saturated rings. The summed E-state index contributed by atoms with van der Waals surface area (Å²) in [6.45, 7) is -0.356. The summed E-state index contributed by atoms with van der Waals surface area (Å²) in [5.74, 6) is 0.856. The third-order valence-electron chi connectivity index (χ3n) is 1.83. The smallest absolute Gasteiger partial charge is 0.493 e. The molecule has 0 atom stereocenters. The maximum Gasteiger partial charge on any atom is 0.514 e. The van der Waals surface area contributed by atoms with Crippen molar-refractivity contribution in [2.45, 2.75) is 0 Å². The van der Waals surface area contributed by atoms with E-state index in [1.54, 1.807) is 12.1 Å². The Morgan fingerprint density at radius 1 is 1.24 bits per heavy atom. The van der Waals surface area contributed by atoms with Crippen LogP contribution in [0.5, 0.6) is 17.2 Å². The summed E-state index contributed by atoms with van der Waals surface area (Å²) in [6.07, 6.45) is -0.534. The van der Waals surface area contributed by atoms with Crippen LogP contribution < -0.4 is 14.2 Å². The standard InChI is InChI=1S/C11H12O6/c1-14-8-4-3-5-9(10(8)15-2)17-11(13)16-7-6-12/h3-6H,7H2,1-2H3. The van der Waals surface area contributed by atoms with Crippen LogP contribution in [0.15, 0.2) is 18.2 Å². The van der Waals surface area contributed by atoms with Crippen LogP contribution in [-0.4, -0.2) is 33.3 Å². The van der Waals surface area contributed by atoms with Crippen LogP contribution in [0, 0.1) is 0 Å². The Labute approximate surface area is 98.0 Å². The lowest BCUT2D eigenvalue weighted by molar-refractivity contribution is -0.110. The molecule has 0 aliphatic carbocycles. The second-order valence-electron chi connectivity index (χ2n) is 2.82. The Morgan fingerprint density at radius 3 is 2.53 bits per heavy atom. The maximum atomic E-state index is 11.1. The molecule has 0 bridgehead atoms. The molecule has 0 saturated heterocycles. The lowest BCUT2D eigenvalue weighted by atomic mass is 10.3. The van der Waals surface area contributed by atoms with Gasteiger partial charge in [-0.05, 0) is 12.1 Å². The molecule has 0 amide bonds. The number of rotatable bonds is 5. The van der Waals surface area contributed by atoms with Gasteiger partial charge in [0.2, 0.25) is 5.75 Å². The summed E-state index contributed by atoms with van der Waals surface area (Å²) in [4.78, 5) is 21.1. The van der Waals surface area contributed by atoms with Gasteiger partial charge in [-0.1, -0.05) is 6.07 Å². The van der Waals surface area contributed by atoms with Crippen LogP contribution in [0.1, 0.15) is 0 Å². The van der Waals surface area contributed by atoms with E-state index in [0.717, 1.165) is 0 Å². The van der Waals surface area contributed by atoms with Gasteiger partial charge < -0.3 is 18.9 Å². The molecule has 0 N–H and O–H groups in total. The van der Waals surface area contributed by atoms with Gasteiger partial charge in [0.25, 0.3) is 0 Å². The number of para-hydroxylation sites is 1. The molecule has 92 valence electrons. The molecule has 6 heteroatoms. The molecule has 1 aromatic rings. The van der Waals surface area contributed by atoms with Crippen LogP contribution in [0.3, 0.4) is 0 Å². The lowest BCUT2D eigenvalue weighted by Gasteiger charge is -2.11. The monoisotopic (exact) mass is 240 g/mol. The lowest BCUT2D eigenvalue weighted by Crippen LogP contribution is -2.12. The van der Waals surface area contributed by atoms with E-state index in [2.05, 4.69) is 4.74 Å². The fourth-order valence-electron chi connectivity index (χ4n) is 1.16. The van der Waals surface area contributed by atoms with E-state index in [-0.39, 0.29) is 18.1 Å². The van der Waals surface area contributed by atoms with E-state index < -0.39 is 6.16 Å². The first-order valence-electron chi connectivity index (χ1n) is 4.72. The van der Waals surface area contributed by atoms with Gasteiger partial charge in [0.05, 0.1) is 14.2 Å². The van der Waals surface area contributed by atoms with Crippen molar-refractivity contribution in [2.75, 3.05) is 20.8 Å². The number of ether oxygens (including phenoxy) is 4. The van der Waals surface area contributed by atoms with Gasteiger partial charge in [-0.15, -0.1) is 0 Å². The second kappa shape index (κ2) is 6.37. The zero-order valence-corrected chi connectivity index (χ0v) is 9.47. The molecule has 0 aliphatic heterocycles. The van der Waals surface area contributed by atoms with Crippen LogP contribution >= 0.6 is 0 Å². The quantitative estimate of drug-likeness (QED) is 0.440. The molecule has 0 unspecified atom stereocenters. The summed E-state index contributed by atoms with van der Waals surface area (Å²) in [5, 5.41) is 0. The molecular weight excluding hydrogens is 228 g/mol. The maximum absolute atomic E-state index is 11.1. The van der Waals surface area contributed by atoms with E-state index in [1.165, 1.54) is 20.3 Å². The minimum Gasteiger partial charge on any atom is -0.493 e. The molecule has 0 aliphatic rings. The van der Waals surface area contributed by atoms with E-state index in [4.69, 9.17) is 14.2 Å². The van der Waals surface area contributed by atoms with Crippen molar-refractivity contribution in [3.8, 4) is 17.2 Å². The summed E-state index contributed by atoms with van der Waals surface area (Å²) >= 11 is 0. The van der Waals surface area contributed by atoms with Gasteiger partial charge in [0.15, 0.2) is 24.4 Å². The van der Waals surface area contributed by atoms with Crippen molar-refractivity contribution in [3.63, 3.8) is 0 Å². The van der Waals surface area contributed by atoms with Crippen molar-refractivity contribution in [1.82, 2.24) is 0 Å². The van der Waals surface area contributed by atoms with Crippen LogP contribution in [0.25, 0.3) is 0 Å². The number of carbonyl (C=O) groups is 2. The molecule has 1 rings (SSSR count). The van der Waals surface area contributed by atoms with Crippen molar-refractivity contribution < 1.29 is 28.5 Å². The van der Waals surface area contributed by atoms with Crippen LogP contribution in [0.2, 0.25) is 0 Å². The average Bonchev–Trinajstić information content (AvgIpc) is 2.35. The average molecular weight is 240 g/mol. The van der Waals surface area contributed by atoms with Gasteiger partial charge in [-0.25, -0.2) is 4.79 Å². The summed E-state index contributed by atoms with van der Waals surface area (Å²) in [6, 6.07) is 4.80. The van der Waals surface area contributed by atoms with Gasteiger partial charge in [0.1, 0.15) is 0 Å². The Balaban J connectivity index is 2.82. The Morgan fingerprint density at radius 2 is 1.94 bits per heavy atom. The molecule has 0 aromatic heterocycles. The minimum absolute atomic E-state index is 0.155. The SMILES string of the molecule is COc1cccc(OC(=O)OCC=O)c1OC. The molecule has 0 spiro atoms. The number of hydrogen-bond acceptors (Lipinski definition) is 6. The number of hydrogen-bond donors (Lipinski definition) is 0. The normalized spacial score (nSPS) is 9.29. The third kappa shape index (κ3) is 3.37. The molecular formula is C11H12O6. The molecule has 6 nitrogen and oxygen atoms in total. The number of benzene rings is 1. The highest BCUT2D eigenvalue weighted by molar-refractivity contribution is 5.68. The highest BCUT2D eigenvalue weighted by atomic mass is 16.7. The van der Waals surface area contributed by atoms with E-state index in [1.807, 2.05) is 0 Å². The summed E-state index contributed by atoms with van der Waals surface area (Å²) in [5.41, 5.74) is 0. The Kier molecular flexibility index (Phi) is 4.80. The third-order valence-corrected chi connectivity index (χ3v) is 1.83. The Hall–Kier alpha value is -2.24. The van der Waals surface area contributed by atoms with Crippen molar-refractivity contribution in [1.29, 1.82) is 0 Å². The zero-order valence-electron chi connectivity index (χ0n) is 9.47. The second-order valence-corrected chi connectivity index (χ2v) is 2.82. The van der Waals surface area contributed by atoms with Gasteiger partial charge in [0, 0.05) is 0 Å². The van der Waals surface area contributed by atoms with Crippen LogP contribution in [-0.2, 0) is 9.53 Å². The fourth-order valence-corrected chi connectivity index (χ4v) is 1.16. The number of methoxy groups -OCH3 is 2. The van der Waals surface area contributed by atoms with Crippen molar-refractivity contribution in [2.24, 2.45) is 0 Å². The molecule has 1 aromatic carbocycles. The topological polar surface area (TPSA) is 71.1 Å². The molecule has 17 heavy (non-hydrogen) atoms. The number of aldehydes is 1. The minimum atomic E-state index is -0.983. The zero-order chi connectivity index (χ0) is 12.7. The first-order chi connectivity index (χ1) is 8.22. The van der Waals surface area contributed by atoms with Gasteiger partial charge in [-0.2, -0.15) is 0 Å². The van der Waals surface area contributed by atoms with Crippen molar-refractivity contribution >= 4 is 12.4 Å². The highest BCUT2D eigenvalue weighted by Gasteiger charge is 2.14. The van der Waals surface area contributed by atoms with Crippen LogP contribution in [0.4, 0.5) is 4.79 Å². The largest absolute Gasteiger partial charge is 0.514 e. The molecule has 0 radical (unpaired) electrons. The first-order valence-corrected chi connectivity index (χ1v) is 4.72. The highest BCUT2D eigenvalue weighted by Crippen LogP contribution is 2.36. The van der Waals surface area contributed by atoms with E-state index >= 15 is 0 Å². The predicted octanol–water partition coefficient (Wildman–Crippen LogP) is 1.42. The molecule has 0 saturated carbocycles. The predicted molar refractivity (Wildman–Crippen MR) is 57.6 cm³/mol. The first kappa shape index (κ1) is 12.8. The van der Waals surface area contributed by atoms with E-state index in [9.17, 15) is 9.59 Å². The van der Waals surface area contributed by atoms with Crippen molar-refractivity contribution in [3.05, 3.63) is 18.2 Å².